The van der Waals surface area contributed by atoms with Crippen LogP contribution in [0.5, 0.6) is 0 Å². The summed E-state index contributed by atoms with van der Waals surface area (Å²) in [6.07, 6.45) is 0.926. The average Bonchev–Trinajstić information content (AvgIpc) is 2.28. The molecule has 0 unspecified atom stereocenters. The number of hydrogen-bond acceptors (Lipinski definition) is 6. The van der Waals surface area contributed by atoms with Crippen molar-refractivity contribution in [1.29, 1.82) is 0 Å². The zero-order valence-electron chi connectivity index (χ0n) is 8.77. The number of hydrazone groups is 1. The van der Waals surface area contributed by atoms with E-state index in [0.717, 1.165) is 18.3 Å². The molecule has 0 aliphatic rings. The zero-order valence-corrected chi connectivity index (χ0v) is 9.59. The topological polar surface area (TPSA) is 137 Å². The first-order valence-corrected chi connectivity index (χ1v) is 4.84. The van der Waals surface area contributed by atoms with Crippen LogP contribution in [-0.4, -0.2) is 21.2 Å². The van der Waals surface area contributed by atoms with E-state index in [0.29, 0.717) is 0 Å². The van der Waals surface area contributed by atoms with E-state index in [1.54, 1.807) is 0 Å². The highest BCUT2D eigenvalue weighted by molar-refractivity contribution is 7.80. The molecule has 0 aliphatic heterocycles. The molecule has 0 aromatic heterocycles. The van der Waals surface area contributed by atoms with Crippen LogP contribution in [0.1, 0.15) is 5.56 Å². The average molecular weight is 269 g/mol. The molecule has 0 saturated carbocycles. The summed E-state index contributed by atoms with van der Waals surface area (Å²) >= 11 is 4.46. The predicted molar refractivity (Wildman–Crippen MR) is 67.3 cm³/mol. The molecule has 0 amide bonds. The minimum Gasteiger partial charge on any atom is -0.375 e. The van der Waals surface area contributed by atoms with E-state index in [4.69, 9.17) is 5.73 Å². The number of nitro groups is 2. The van der Waals surface area contributed by atoms with Crippen LogP contribution in [0, 0.1) is 20.2 Å². The Morgan fingerprint density at radius 1 is 1.33 bits per heavy atom. The molecule has 0 radical (unpaired) electrons. The highest BCUT2D eigenvalue weighted by Crippen LogP contribution is 2.26. The Hall–Kier alpha value is -2.62. The maximum absolute atomic E-state index is 10.7. The number of nitrogens with one attached hydrogen (secondary N) is 1. The minimum absolute atomic E-state index is 0.160. The minimum atomic E-state index is -0.741. The molecule has 3 N–H and O–H groups in total. The summed E-state index contributed by atoms with van der Waals surface area (Å²) in [5, 5.41) is 24.8. The van der Waals surface area contributed by atoms with Crippen molar-refractivity contribution in [2.45, 2.75) is 0 Å². The monoisotopic (exact) mass is 269 g/mol. The molecule has 0 bridgehead atoms. The van der Waals surface area contributed by atoms with E-state index in [1.165, 1.54) is 6.07 Å². The van der Waals surface area contributed by atoms with Crippen LogP contribution in [0.3, 0.4) is 0 Å². The molecule has 0 heterocycles. The molecule has 1 aromatic rings. The second-order valence-corrected chi connectivity index (χ2v) is 3.40. The lowest BCUT2D eigenvalue weighted by Crippen LogP contribution is -2.24. The fraction of sp³-hybridized carbons (Fsp3) is 0. The summed E-state index contributed by atoms with van der Waals surface area (Å²) < 4.78 is 0. The van der Waals surface area contributed by atoms with E-state index in [1.807, 2.05) is 0 Å². The van der Waals surface area contributed by atoms with E-state index in [9.17, 15) is 20.2 Å². The van der Waals surface area contributed by atoms with Gasteiger partial charge in [0.15, 0.2) is 5.11 Å². The molecule has 1 rings (SSSR count). The number of hydrogen-bond donors (Lipinski definition) is 2. The molecule has 0 atom stereocenters. The van der Waals surface area contributed by atoms with Gasteiger partial charge in [-0.1, -0.05) is 0 Å². The van der Waals surface area contributed by atoms with Crippen molar-refractivity contribution >= 4 is 34.9 Å². The van der Waals surface area contributed by atoms with Gasteiger partial charge in [-0.05, 0) is 18.3 Å². The maximum Gasteiger partial charge on any atom is 0.285 e. The number of nitro benzene ring substituents is 2. The van der Waals surface area contributed by atoms with E-state index in [2.05, 4.69) is 22.7 Å². The molecule has 0 saturated heterocycles. The predicted octanol–water partition coefficient (Wildman–Crippen LogP) is 0.670. The van der Waals surface area contributed by atoms with Gasteiger partial charge in [0.1, 0.15) is 5.56 Å². The van der Waals surface area contributed by atoms with Crippen LogP contribution in [0.25, 0.3) is 0 Å². The third-order valence-corrected chi connectivity index (χ3v) is 1.91. The Morgan fingerprint density at radius 2 is 1.83 bits per heavy atom. The molecule has 18 heavy (non-hydrogen) atoms. The van der Waals surface area contributed by atoms with Gasteiger partial charge in [-0.2, -0.15) is 5.10 Å². The lowest BCUT2D eigenvalue weighted by Gasteiger charge is -1.99. The molecule has 0 spiro atoms. The molecule has 94 valence electrons. The van der Waals surface area contributed by atoms with Gasteiger partial charge in [0.2, 0.25) is 0 Å². The summed E-state index contributed by atoms with van der Waals surface area (Å²) in [6.45, 7) is 0. The van der Waals surface area contributed by atoms with Crippen molar-refractivity contribution in [3.8, 4) is 0 Å². The highest BCUT2D eigenvalue weighted by atomic mass is 32.1. The summed E-state index contributed by atoms with van der Waals surface area (Å²) in [5.74, 6) is 0. The Balaban J connectivity index is 3.27. The Labute approximate surface area is 106 Å². The Morgan fingerprint density at radius 3 is 2.22 bits per heavy atom. The van der Waals surface area contributed by atoms with Crippen molar-refractivity contribution < 1.29 is 9.85 Å². The molecular weight excluding hydrogens is 262 g/mol. The molecule has 1 aromatic carbocycles. The fourth-order valence-electron chi connectivity index (χ4n) is 1.15. The van der Waals surface area contributed by atoms with Crippen LogP contribution in [0.2, 0.25) is 0 Å². The number of benzene rings is 1. The number of thiocarbonyl (C=S) groups is 1. The van der Waals surface area contributed by atoms with Gasteiger partial charge >= 0.3 is 0 Å². The van der Waals surface area contributed by atoms with Gasteiger partial charge < -0.3 is 5.73 Å². The standard InChI is InChI=1S/C8H7N5O4S/c9-8(18)11-10-4-5-6(12(14)15)2-1-3-7(5)13(16)17/h1-4H,(H3,9,11,18). The molecular formula is C8H7N5O4S. The van der Waals surface area contributed by atoms with Gasteiger partial charge in [-0.15, -0.1) is 0 Å². The van der Waals surface area contributed by atoms with E-state index in [-0.39, 0.29) is 10.7 Å². The van der Waals surface area contributed by atoms with Gasteiger partial charge in [0.05, 0.1) is 16.1 Å². The third kappa shape index (κ3) is 3.18. The van der Waals surface area contributed by atoms with Crippen molar-refractivity contribution in [1.82, 2.24) is 5.43 Å². The SMILES string of the molecule is NC(=S)NN=Cc1c([N+](=O)[O-])cccc1[N+](=O)[O-]. The Bertz CT molecular complexity index is 512. The van der Waals surface area contributed by atoms with Crippen LogP contribution < -0.4 is 11.2 Å². The van der Waals surface area contributed by atoms with Crippen LogP contribution >= 0.6 is 12.2 Å². The van der Waals surface area contributed by atoms with Crippen molar-refractivity contribution in [2.75, 3.05) is 0 Å². The van der Waals surface area contributed by atoms with Gasteiger partial charge in [-0.25, -0.2) is 0 Å². The fourth-order valence-corrected chi connectivity index (χ4v) is 1.21. The first kappa shape index (κ1) is 13.4. The lowest BCUT2D eigenvalue weighted by atomic mass is 10.1. The molecule has 0 aliphatic carbocycles. The normalized spacial score (nSPS) is 10.2. The lowest BCUT2D eigenvalue weighted by molar-refractivity contribution is -0.394. The van der Waals surface area contributed by atoms with Gasteiger partial charge in [0.25, 0.3) is 11.4 Å². The van der Waals surface area contributed by atoms with Crippen LogP contribution in [-0.2, 0) is 0 Å². The number of nitrogens with two attached hydrogens (primary N) is 1. The van der Waals surface area contributed by atoms with Crippen molar-refractivity contribution in [3.63, 3.8) is 0 Å². The maximum atomic E-state index is 10.7. The highest BCUT2D eigenvalue weighted by Gasteiger charge is 2.22. The third-order valence-electron chi connectivity index (χ3n) is 1.82. The zero-order chi connectivity index (χ0) is 13.7. The smallest absolute Gasteiger partial charge is 0.285 e. The quantitative estimate of drug-likeness (QED) is 0.354. The first-order chi connectivity index (χ1) is 8.43. The summed E-state index contributed by atoms with van der Waals surface area (Å²) in [7, 11) is 0. The van der Waals surface area contributed by atoms with Gasteiger partial charge in [0, 0.05) is 12.1 Å². The van der Waals surface area contributed by atoms with Crippen molar-refractivity contribution in [2.24, 2.45) is 10.8 Å². The van der Waals surface area contributed by atoms with Crippen molar-refractivity contribution in [3.05, 3.63) is 44.0 Å². The molecule has 10 heteroatoms. The van der Waals surface area contributed by atoms with Gasteiger partial charge in [-0.3, -0.25) is 25.7 Å². The van der Waals surface area contributed by atoms with E-state index >= 15 is 0 Å². The molecule has 0 fully saturated rings. The first-order valence-electron chi connectivity index (χ1n) is 4.43. The summed E-state index contributed by atoms with van der Waals surface area (Å²) in [4.78, 5) is 20.0. The largest absolute Gasteiger partial charge is 0.375 e. The second-order valence-electron chi connectivity index (χ2n) is 2.96. The van der Waals surface area contributed by atoms with Crippen LogP contribution in [0.15, 0.2) is 23.3 Å². The number of nitrogens with zero attached hydrogens (tertiary/aromatic N) is 3. The molecule has 9 nitrogen and oxygen atoms in total. The second kappa shape index (κ2) is 5.63. The number of rotatable bonds is 4. The van der Waals surface area contributed by atoms with Crippen LogP contribution in [0.4, 0.5) is 11.4 Å². The Kier molecular flexibility index (Phi) is 4.21. The summed E-state index contributed by atoms with van der Waals surface area (Å²) in [5.41, 5.74) is 6.15. The van der Waals surface area contributed by atoms with E-state index < -0.39 is 21.2 Å². The summed E-state index contributed by atoms with van der Waals surface area (Å²) in [6, 6.07) is 3.48.